The zero-order valence-corrected chi connectivity index (χ0v) is 11.0. The van der Waals surface area contributed by atoms with Gasteiger partial charge in [0.2, 0.25) is 5.91 Å². The van der Waals surface area contributed by atoms with Crippen LogP contribution in [-0.2, 0) is 4.79 Å². The Bertz CT molecular complexity index is 560. The Morgan fingerprint density at radius 1 is 1.47 bits per heavy atom. The number of thioether (sulfide) groups is 1. The summed E-state index contributed by atoms with van der Waals surface area (Å²) < 4.78 is 0. The Hall–Kier alpha value is -1.64. The summed E-state index contributed by atoms with van der Waals surface area (Å²) >= 11 is 1.31. The second kappa shape index (κ2) is 6.00. The van der Waals surface area contributed by atoms with Crippen molar-refractivity contribution in [2.24, 2.45) is 10.2 Å². The normalized spacial score (nSPS) is 17.2. The lowest BCUT2D eigenvalue weighted by Gasteiger charge is -2.03. The van der Waals surface area contributed by atoms with Crippen LogP contribution < -0.4 is 10.8 Å². The first-order valence-corrected chi connectivity index (χ1v) is 6.55. The molecule has 0 aromatic heterocycles. The molecule has 3 N–H and O–H groups in total. The van der Waals surface area contributed by atoms with Crippen molar-refractivity contribution in [2.75, 3.05) is 5.75 Å². The number of carbonyl (C=O) groups excluding carboxylic acids is 1. The predicted molar refractivity (Wildman–Crippen MR) is 76.6 cm³/mol. The molecule has 1 aliphatic heterocycles. The number of amides is 1. The molecule has 19 heavy (non-hydrogen) atoms. The fourth-order valence-corrected chi connectivity index (χ4v) is 2.16. The molecular weight excluding hydrogens is 265 g/mol. The minimum atomic E-state index is -1.48. The van der Waals surface area contributed by atoms with Gasteiger partial charge in [-0.2, -0.15) is 5.10 Å². The van der Waals surface area contributed by atoms with Gasteiger partial charge in [0.05, 0.1) is 12.0 Å². The molecule has 1 aromatic carbocycles. The van der Waals surface area contributed by atoms with E-state index in [0.29, 0.717) is 16.4 Å². The van der Waals surface area contributed by atoms with Gasteiger partial charge in [0.25, 0.3) is 0 Å². The van der Waals surface area contributed by atoms with Crippen LogP contribution in [0.15, 0.2) is 28.4 Å². The van der Waals surface area contributed by atoms with Crippen LogP contribution in [0.1, 0.15) is 11.1 Å². The number of carbonyl (C=O) groups is 1. The van der Waals surface area contributed by atoms with E-state index in [1.54, 1.807) is 24.4 Å². The lowest BCUT2D eigenvalue weighted by molar-refractivity contribution is -0.116. The second-order valence-electron chi connectivity index (χ2n) is 3.98. The third-order valence-electron chi connectivity index (χ3n) is 2.52. The first-order chi connectivity index (χ1) is 9.06. The summed E-state index contributed by atoms with van der Waals surface area (Å²) in [5, 5.41) is 28.9. The molecule has 1 aliphatic rings. The summed E-state index contributed by atoms with van der Waals surface area (Å²) in [5.41, 5.74) is 2.11. The van der Waals surface area contributed by atoms with Crippen LogP contribution >= 0.6 is 11.8 Å². The van der Waals surface area contributed by atoms with E-state index in [2.05, 4.69) is 15.5 Å². The maximum atomic E-state index is 10.9. The summed E-state index contributed by atoms with van der Waals surface area (Å²) in [4.78, 5) is 10.9. The van der Waals surface area contributed by atoms with Gasteiger partial charge in [0.15, 0.2) is 5.17 Å². The van der Waals surface area contributed by atoms with Crippen molar-refractivity contribution in [3.63, 3.8) is 0 Å². The quantitative estimate of drug-likeness (QED) is 0.384. The predicted octanol–water partition coefficient (Wildman–Crippen LogP) is -0.772. The number of hydrogen-bond acceptors (Lipinski definition) is 6. The lowest BCUT2D eigenvalue weighted by atomic mass is 9.79. The van der Waals surface area contributed by atoms with Crippen molar-refractivity contribution in [3.8, 4) is 0 Å². The third-order valence-corrected chi connectivity index (χ3v) is 3.39. The highest BCUT2D eigenvalue weighted by molar-refractivity contribution is 8.15. The van der Waals surface area contributed by atoms with Gasteiger partial charge < -0.3 is 15.4 Å². The van der Waals surface area contributed by atoms with Crippen LogP contribution in [0.4, 0.5) is 0 Å². The molecule has 0 spiro atoms. The van der Waals surface area contributed by atoms with Gasteiger partial charge >= 0.3 is 7.12 Å². The van der Waals surface area contributed by atoms with Crippen molar-refractivity contribution >= 4 is 41.6 Å². The maximum Gasteiger partial charge on any atom is 0.488 e. The molecule has 2 rings (SSSR count). The number of hydrogen-bond donors (Lipinski definition) is 3. The molecule has 1 saturated heterocycles. The molecule has 1 heterocycles. The van der Waals surface area contributed by atoms with E-state index in [4.69, 9.17) is 10.0 Å². The number of nitrogens with one attached hydrogen (secondary N) is 1. The van der Waals surface area contributed by atoms with Crippen LogP contribution in [0, 0.1) is 6.92 Å². The zero-order valence-electron chi connectivity index (χ0n) is 10.2. The van der Waals surface area contributed by atoms with E-state index in [1.165, 1.54) is 11.8 Å². The molecule has 98 valence electrons. The Morgan fingerprint density at radius 2 is 2.26 bits per heavy atom. The third kappa shape index (κ3) is 3.66. The molecule has 0 saturated carbocycles. The van der Waals surface area contributed by atoms with Crippen molar-refractivity contribution in [2.45, 2.75) is 6.92 Å². The molecule has 0 radical (unpaired) electrons. The highest BCUT2D eigenvalue weighted by Gasteiger charge is 2.16. The van der Waals surface area contributed by atoms with Crippen LogP contribution in [-0.4, -0.2) is 40.2 Å². The van der Waals surface area contributed by atoms with Gasteiger partial charge in [-0.25, -0.2) is 0 Å². The van der Waals surface area contributed by atoms with Gasteiger partial charge in [0.1, 0.15) is 0 Å². The fraction of sp³-hybridized carbons (Fsp3) is 0.182. The first-order valence-electron chi connectivity index (χ1n) is 5.56. The van der Waals surface area contributed by atoms with E-state index in [1.807, 2.05) is 6.92 Å². The minimum absolute atomic E-state index is 0.0728. The second-order valence-corrected chi connectivity index (χ2v) is 4.94. The Balaban J connectivity index is 2.09. The average Bonchev–Trinajstić information content (AvgIpc) is 2.77. The number of aryl methyl sites for hydroxylation is 1. The summed E-state index contributed by atoms with van der Waals surface area (Å²) in [5.74, 6) is 0.299. The van der Waals surface area contributed by atoms with Crippen LogP contribution in [0.5, 0.6) is 0 Å². The van der Waals surface area contributed by atoms with Crippen LogP contribution in [0.2, 0.25) is 0 Å². The Labute approximate surface area is 114 Å². The van der Waals surface area contributed by atoms with E-state index < -0.39 is 7.12 Å². The van der Waals surface area contributed by atoms with Crippen molar-refractivity contribution < 1.29 is 14.8 Å². The van der Waals surface area contributed by atoms with Crippen LogP contribution in [0.25, 0.3) is 0 Å². The Kier molecular flexibility index (Phi) is 4.36. The zero-order chi connectivity index (χ0) is 13.8. The van der Waals surface area contributed by atoms with Crippen molar-refractivity contribution in [1.29, 1.82) is 0 Å². The topological polar surface area (TPSA) is 94.3 Å². The average molecular weight is 277 g/mol. The van der Waals surface area contributed by atoms with Crippen LogP contribution in [0.3, 0.4) is 0 Å². The van der Waals surface area contributed by atoms with E-state index in [9.17, 15) is 4.79 Å². The highest BCUT2D eigenvalue weighted by atomic mass is 32.2. The molecule has 0 aliphatic carbocycles. The minimum Gasteiger partial charge on any atom is -0.423 e. The summed E-state index contributed by atoms with van der Waals surface area (Å²) in [6, 6.07) is 5.01. The maximum absolute atomic E-state index is 10.9. The van der Waals surface area contributed by atoms with Gasteiger partial charge in [-0.1, -0.05) is 30.0 Å². The summed E-state index contributed by atoms with van der Waals surface area (Å²) in [7, 11) is -1.48. The largest absolute Gasteiger partial charge is 0.488 e. The van der Waals surface area contributed by atoms with Gasteiger partial charge in [-0.3, -0.25) is 4.79 Å². The molecule has 1 fully saturated rings. The van der Waals surface area contributed by atoms with Gasteiger partial charge in [-0.05, 0) is 23.5 Å². The van der Waals surface area contributed by atoms with E-state index in [0.717, 1.165) is 11.1 Å². The standard InChI is InChI=1S/C11H12BN3O3S/c1-7-4-9(12(17)18)3-2-8(7)5-13-15-11-14-10(16)6-19-11/h2-5,17-18H,6H2,1H3,(H,14,15,16). The molecular formula is C11H12BN3O3S. The molecule has 0 bridgehead atoms. The molecule has 1 aromatic rings. The number of nitrogens with zero attached hydrogens (tertiary/aromatic N) is 2. The van der Waals surface area contributed by atoms with Crippen molar-refractivity contribution in [3.05, 3.63) is 29.3 Å². The first kappa shape index (κ1) is 13.8. The van der Waals surface area contributed by atoms with Gasteiger partial charge in [0, 0.05) is 0 Å². The monoisotopic (exact) mass is 277 g/mol. The molecule has 8 heteroatoms. The summed E-state index contributed by atoms with van der Waals surface area (Å²) in [6.45, 7) is 1.84. The lowest BCUT2D eigenvalue weighted by Crippen LogP contribution is -2.30. The molecule has 1 amide bonds. The highest BCUT2D eigenvalue weighted by Crippen LogP contribution is 2.09. The smallest absolute Gasteiger partial charge is 0.423 e. The molecule has 0 unspecified atom stereocenters. The fourth-order valence-electron chi connectivity index (χ4n) is 1.53. The molecule has 6 nitrogen and oxygen atoms in total. The van der Waals surface area contributed by atoms with Crippen molar-refractivity contribution in [1.82, 2.24) is 5.32 Å². The summed E-state index contributed by atoms with van der Waals surface area (Å²) in [6.07, 6.45) is 1.56. The SMILES string of the molecule is Cc1cc(B(O)O)ccc1C=NN=C1NC(=O)CS1. The number of benzene rings is 1. The van der Waals surface area contributed by atoms with Gasteiger partial charge in [-0.15, -0.1) is 5.10 Å². The molecule has 0 atom stereocenters. The van der Waals surface area contributed by atoms with E-state index >= 15 is 0 Å². The van der Waals surface area contributed by atoms with E-state index in [-0.39, 0.29) is 5.91 Å². The number of amidine groups is 1. The number of rotatable bonds is 3. The Morgan fingerprint density at radius 3 is 2.84 bits per heavy atom.